The van der Waals surface area contributed by atoms with E-state index in [0.29, 0.717) is 18.2 Å². The van der Waals surface area contributed by atoms with Crippen molar-refractivity contribution in [3.63, 3.8) is 0 Å². The minimum atomic E-state index is 0.397. The number of hydrogen-bond acceptors (Lipinski definition) is 3. The smallest absolute Gasteiger partial charge is 0.191 e. The van der Waals surface area contributed by atoms with E-state index in [9.17, 15) is 0 Å². The Labute approximate surface area is 123 Å². The van der Waals surface area contributed by atoms with Gasteiger partial charge < -0.3 is 20.3 Å². The topological polar surface area (TPSA) is 48.9 Å². The van der Waals surface area contributed by atoms with Crippen molar-refractivity contribution in [2.24, 2.45) is 4.99 Å². The summed E-state index contributed by atoms with van der Waals surface area (Å²) in [5.41, 5.74) is 0. The Morgan fingerprint density at radius 3 is 2.65 bits per heavy atom. The molecule has 2 N–H and O–H groups in total. The molecular formula is C15H30N4O. The monoisotopic (exact) mass is 282 g/mol. The van der Waals surface area contributed by atoms with Gasteiger partial charge in [-0.15, -0.1) is 0 Å². The van der Waals surface area contributed by atoms with Crippen molar-refractivity contribution in [2.75, 3.05) is 33.2 Å². The summed E-state index contributed by atoms with van der Waals surface area (Å²) in [6.07, 6.45) is 5.59. The molecule has 2 aliphatic rings. The molecule has 20 heavy (non-hydrogen) atoms. The molecule has 0 radical (unpaired) electrons. The lowest BCUT2D eigenvalue weighted by molar-refractivity contribution is 0.0992. The third kappa shape index (κ3) is 4.09. The van der Waals surface area contributed by atoms with Crippen LogP contribution in [0.15, 0.2) is 4.99 Å². The molecule has 0 aromatic heterocycles. The molecule has 0 saturated carbocycles. The van der Waals surface area contributed by atoms with Crippen LogP contribution in [0.25, 0.3) is 0 Å². The molecular weight excluding hydrogens is 252 g/mol. The van der Waals surface area contributed by atoms with Crippen molar-refractivity contribution >= 4 is 5.96 Å². The molecule has 0 amide bonds. The fourth-order valence-electron chi connectivity index (χ4n) is 3.21. The molecule has 2 bridgehead atoms. The molecule has 3 atom stereocenters. The molecule has 2 rings (SSSR count). The van der Waals surface area contributed by atoms with Crippen molar-refractivity contribution < 1.29 is 4.74 Å². The maximum absolute atomic E-state index is 5.86. The Morgan fingerprint density at radius 1 is 1.30 bits per heavy atom. The SMILES string of the molecule is CCN(CC)CCCNC(=NC)NC1CC2CCC1O2. The predicted molar refractivity (Wildman–Crippen MR) is 83.2 cm³/mol. The minimum absolute atomic E-state index is 0.397. The maximum Gasteiger partial charge on any atom is 0.191 e. The maximum atomic E-state index is 5.86. The standard InChI is InChI=1S/C15H30N4O/c1-4-19(5-2)10-6-9-17-15(16-3)18-13-11-12-7-8-14(13)20-12/h12-14H,4-11H2,1-3H3,(H2,16,17,18). The fourth-order valence-corrected chi connectivity index (χ4v) is 3.21. The van der Waals surface area contributed by atoms with Gasteiger partial charge in [-0.2, -0.15) is 0 Å². The number of aliphatic imine (C=N–C) groups is 1. The van der Waals surface area contributed by atoms with Gasteiger partial charge in [0.25, 0.3) is 0 Å². The van der Waals surface area contributed by atoms with E-state index in [2.05, 4.69) is 34.4 Å². The van der Waals surface area contributed by atoms with Crippen LogP contribution in [0.2, 0.25) is 0 Å². The van der Waals surface area contributed by atoms with Crippen LogP contribution in [0.3, 0.4) is 0 Å². The van der Waals surface area contributed by atoms with Crippen molar-refractivity contribution in [3.05, 3.63) is 0 Å². The summed E-state index contributed by atoms with van der Waals surface area (Å²) in [6.45, 7) is 8.81. The molecule has 2 aliphatic heterocycles. The number of fused-ring (bicyclic) bond motifs is 2. The summed E-state index contributed by atoms with van der Waals surface area (Å²) in [6, 6.07) is 0.447. The van der Waals surface area contributed by atoms with E-state index in [4.69, 9.17) is 4.74 Å². The Balaban J connectivity index is 1.63. The van der Waals surface area contributed by atoms with Gasteiger partial charge in [-0.3, -0.25) is 4.99 Å². The van der Waals surface area contributed by atoms with E-state index in [-0.39, 0.29) is 0 Å². The third-order valence-corrected chi connectivity index (χ3v) is 4.49. The van der Waals surface area contributed by atoms with Gasteiger partial charge in [0, 0.05) is 13.6 Å². The minimum Gasteiger partial charge on any atom is -0.373 e. The first-order valence-corrected chi connectivity index (χ1v) is 8.11. The van der Waals surface area contributed by atoms with E-state index in [1.165, 1.54) is 12.8 Å². The average molecular weight is 282 g/mol. The van der Waals surface area contributed by atoms with E-state index >= 15 is 0 Å². The van der Waals surface area contributed by atoms with Crippen LogP contribution >= 0.6 is 0 Å². The molecule has 5 nitrogen and oxygen atoms in total. The van der Waals surface area contributed by atoms with Crippen molar-refractivity contribution in [3.8, 4) is 0 Å². The molecule has 2 heterocycles. The summed E-state index contributed by atoms with van der Waals surface area (Å²) < 4.78 is 5.86. The number of rotatable bonds is 7. The first kappa shape index (κ1) is 15.6. The molecule has 2 saturated heterocycles. The van der Waals surface area contributed by atoms with Crippen LogP contribution in [0.5, 0.6) is 0 Å². The van der Waals surface area contributed by atoms with Crippen LogP contribution in [0, 0.1) is 0 Å². The Morgan fingerprint density at radius 2 is 2.10 bits per heavy atom. The van der Waals surface area contributed by atoms with Gasteiger partial charge in [-0.1, -0.05) is 13.8 Å². The zero-order valence-corrected chi connectivity index (χ0v) is 13.2. The number of nitrogens with zero attached hydrogens (tertiary/aromatic N) is 2. The highest BCUT2D eigenvalue weighted by atomic mass is 16.5. The van der Waals surface area contributed by atoms with Crippen LogP contribution in [0.4, 0.5) is 0 Å². The molecule has 2 fully saturated rings. The van der Waals surface area contributed by atoms with Crippen LogP contribution in [-0.2, 0) is 4.74 Å². The normalized spacial score (nSPS) is 29.2. The van der Waals surface area contributed by atoms with Gasteiger partial charge >= 0.3 is 0 Å². The molecule has 0 aromatic rings. The lowest BCUT2D eigenvalue weighted by Gasteiger charge is -2.23. The Kier molecular flexibility index (Phi) is 6.10. The summed E-state index contributed by atoms with van der Waals surface area (Å²) in [7, 11) is 1.84. The lowest BCUT2D eigenvalue weighted by atomic mass is 9.96. The Hall–Kier alpha value is -0.810. The molecule has 0 aromatic carbocycles. The fraction of sp³-hybridized carbons (Fsp3) is 0.933. The van der Waals surface area contributed by atoms with Crippen LogP contribution in [-0.4, -0.2) is 62.3 Å². The summed E-state index contributed by atoms with van der Waals surface area (Å²) in [4.78, 5) is 6.76. The van der Waals surface area contributed by atoms with Crippen molar-refractivity contribution in [1.82, 2.24) is 15.5 Å². The molecule has 116 valence electrons. The van der Waals surface area contributed by atoms with E-state index in [1.54, 1.807) is 0 Å². The highest BCUT2D eigenvalue weighted by Crippen LogP contribution is 2.34. The number of guanidine groups is 1. The molecule has 0 spiro atoms. The van der Waals surface area contributed by atoms with Gasteiger partial charge in [0.15, 0.2) is 5.96 Å². The molecule has 3 unspecified atom stereocenters. The van der Waals surface area contributed by atoms with Gasteiger partial charge in [0.05, 0.1) is 18.2 Å². The zero-order valence-electron chi connectivity index (χ0n) is 13.2. The zero-order chi connectivity index (χ0) is 14.4. The van der Waals surface area contributed by atoms with Gasteiger partial charge in [-0.05, 0) is 45.3 Å². The van der Waals surface area contributed by atoms with Crippen LogP contribution in [0.1, 0.15) is 39.5 Å². The van der Waals surface area contributed by atoms with Crippen molar-refractivity contribution in [1.29, 1.82) is 0 Å². The van der Waals surface area contributed by atoms with Crippen molar-refractivity contribution in [2.45, 2.75) is 57.8 Å². The van der Waals surface area contributed by atoms with E-state index in [1.807, 2.05) is 7.05 Å². The predicted octanol–water partition coefficient (Wildman–Crippen LogP) is 1.20. The van der Waals surface area contributed by atoms with E-state index < -0.39 is 0 Å². The summed E-state index contributed by atoms with van der Waals surface area (Å²) in [5, 5.41) is 6.93. The third-order valence-electron chi connectivity index (χ3n) is 4.49. The largest absolute Gasteiger partial charge is 0.373 e. The van der Waals surface area contributed by atoms with Gasteiger partial charge in [0.1, 0.15) is 0 Å². The highest BCUT2D eigenvalue weighted by molar-refractivity contribution is 5.80. The van der Waals surface area contributed by atoms with Gasteiger partial charge in [-0.25, -0.2) is 0 Å². The lowest BCUT2D eigenvalue weighted by Crippen LogP contribution is -2.47. The Bertz CT molecular complexity index is 317. The average Bonchev–Trinajstić information content (AvgIpc) is 3.08. The van der Waals surface area contributed by atoms with Crippen LogP contribution < -0.4 is 10.6 Å². The first-order chi connectivity index (χ1) is 9.76. The number of hydrogen-bond donors (Lipinski definition) is 2. The van der Waals surface area contributed by atoms with E-state index in [0.717, 1.165) is 45.0 Å². The second-order valence-corrected chi connectivity index (χ2v) is 5.74. The summed E-state index contributed by atoms with van der Waals surface area (Å²) in [5.74, 6) is 0.922. The highest BCUT2D eigenvalue weighted by Gasteiger charge is 2.40. The second kappa shape index (κ2) is 7.84. The first-order valence-electron chi connectivity index (χ1n) is 8.11. The number of ether oxygens (including phenoxy) is 1. The van der Waals surface area contributed by atoms with Gasteiger partial charge in [0.2, 0.25) is 0 Å². The molecule has 0 aliphatic carbocycles. The summed E-state index contributed by atoms with van der Waals surface area (Å²) >= 11 is 0. The quantitative estimate of drug-likeness (QED) is 0.418. The molecule has 5 heteroatoms. The second-order valence-electron chi connectivity index (χ2n) is 5.74. The number of nitrogens with one attached hydrogen (secondary N) is 2.